The second-order valence-corrected chi connectivity index (χ2v) is 7.57. The summed E-state index contributed by atoms with van der Waals surface area (Å²) in [4.78, 5) is 0. The molecule has 0 aromatic heterocycles. The number of hydrogen-bond donors (Lipinski definition) is 0. The Morgan fingerprint density at radius 1 is 0.793 bits per heavy atom. The zero-order chi connectivity index (χ0) is 20.0. The molecular formula is C25H19F3O. The van der Waals surface area contributed by atoms with E-state index in [0.29, 0.717) is 0 Å². The first-order valence-corrected chi connectivity index (χ1v) is 9.74. The average molecular weight is 392 g/mol. The summed E-state index contributed by atoms with van der Waals surface area (Å²) >= 11 is 0. The molecule has 29 heavy (non-hydrogen) atoms. The highest BCUT2D eigenvalue weighted by molar-refractivity contribution is 5.86. The minimum atomic E-state index is -4.34. The van der Waals surface area contributed by atoms with Crippen LogP contribution in [0.5, 0.6) is 5.75 Å². The monoisotopic (exact) mass is 392 g/mol. The van der Waals surface area contributed by atoms with E-state index in [2.05, 4.69) is 18.2 Å². The second kappa shape index (κ2) is 6.80. The van der Waals surface area contributed by atoms with E-state index in [1.807, 2.05) is 36.4 Å². The number of benzene rings is 3. The predicted octanol–water partition coefficient (Wildman–Crippen LogP) is 7.05. The van der Waals surface area contributed by atoms with E-state index in [-0.39, 0.29) is 12.0 Å². The molecule has 146 valence electrons. The van der Waals surface area contributed by atoms with Crippen LogP contribution in [0, 0.1) is 5.92 Å². The first-order valence-electron chi connectivity index (χ1n) is 9.74. The maximum atomic E-state index is 13.0. The molecule has 1 saturated carbocycles. The lowest BCUT2D eigenvalue weighted by atomic mass is 9.70. The molecule has 0 saturated heterocycles. The summed E-state index contributed by atoms with van der Waals surface area (Å²) < 4.78 is 45.4. The molecule has 1 heterocycles. The van der Waals surface area contributed by atoms with Crippen molar-refractivity contribution in [2.75, 3.05) is 0 Å². The summed E-state index contributed by atoms with van der Waals surface area (Å²) in [6, 6.07) is 23.6. The van der Waals surface area contributed by atoms with E-state index in [9.17, 15) is 13.2 Å². The molecule has 4 heteroatoms. The molecule has 5 rings (SSSR count). The molecule has 1 fully saturated rings. The van der Waals surface area contributed by atoms with Crippen LogP contribution in [0.15, 0.2) is 84.4 Å². The van der Waals surface area contributed by atoms with Crippen molar-refractivity contribution in [1.29, 1.82) is 0 Å². The summed E-state index contributed by atoms with van der Waals surface area (Å²) in [6.45, 7) is 0. The van der Waals surface area contributed by atoms with Crippen LogP contribution in [0.3, 0.4) is 0 Å². The lowest BCUT2D eigenvalue weighted by Gasteiger charge is -2.36. The van der Waals surface area contributed by atoms with Crippen molar-refractivity contribution in [1.82, 2.24) is 0 Å². The first-order chi connectivity index (χ1) is 14.0. The fraction of sp³-hybridized carbons (Fsp3) is 0.200. The molecule has 1 nitrogen and oxygen atoms in total. The van der Waals surface area contributed by atoms with Gasteiger partial charge in [0.25, 0.3) is 0 Å². The molecular weight excluding hydrogens is 373 g/mol. The third-order valence-corrected chi connectivity index (χ3v) is 5.90. The Bertz CT molecular complexity index is 1070. The molecule has 0 spiro atoms. The minimum Gasteiger partial charge on any atom is -0.484 e. The van der Waals surface area contributed by atoms with Gasteiger partial charge in [0.05, 0.1) is 5.56 Å². The number of ether oxygens (including phenoxy) is 1. The number of rotatable bonds is 2. The molecule has 0 radical (unpaired) electrons. The van der Waals surface area contributed by atoms with Gasteiger partial charge in [-0.3, -0.25) is 0 Å². The minimum absolute atomic E-state index is 0.161. The highest BCUT2D eigenvalue weighted by Crippen LogP contribution is 2.53. The Morgan fingerprint density at radius 3 is 2.14 bits per heavy atom. The summed E-state index contributed by atoms with van der Waals surface area (Å²) in [7, 11) is 0. The van der Waals surface area contributed by atoms with Gasteiger partial charge in [0, 0.05) is 11.5 Å². The van der Waals surface area contributed by atoms with E-state index in [1.165, 1.54) is 11.1 Å². The molecule has 0 amide bonds. The van der Waals surface area contributed by atoms with Gasteiger partial charge in [-0.15, -0.1) is 0 Å². The van der Waals surface area contributed by atoms with Gasteiger partial charge in [0.2, 0.25) is 0 Å². The molecule has 0 bridgehead atoms. The topological polar surface area (TPSA) is 9.23 Å². The quantitative estimate of drug-likeness (QED) is 0.454. The van der Waals surface area contributed by atoms with Gasteiger partial charge in [0.1, 0.15) is 11.9 Å². The fourth-order valence-corrected chi connectivity index (χ4v) is 4.38. The maximum absolute atomic E-state index is 13.0. The first kappa shape index (κ1) is 18.0. The van der Waals surface area contributed by atoms with Crippen molar-refractivity contribution in [3.05, 3.63) is 107 Å². The van der Waals surface area contributed by atoms with Crippen LogP contribution < -0.4 is 4.74 Å². The Labute approximate surface area is 167 Å². The fourth-order valence-electron chi connectivity index (χ4n) is 4.38. The van der Waals surface area contributed by atoms with E-state index in [1.54, 1.807) is 12.1 Å². The molecule has 0 N–H and O–H groups in total. The summed E-state index contributed by atoms with van der Waals surface area (Å²) in [6.07, 6.45) is -2.68. The van der Waals surface area contributed by atoms with Crippen molar-refractivity contribution >= 4 is 5.57 Å². The van der Waals surface area contributed by atoms with Gasteiger partial charge in [0.15, 0.2) is 0 Å². The summed E-state index contributed by atoms with van der Waals surface area (Å²) in [5.41, 5.74) is 4.87. The molecule has 3 aromatic rings. The van der Waals surface area contributed by atoms with Crippen LogP contribution in [0.2, 0.25) is 0 Å². The van der Waals surface area contributed by atoms with Crippen LogP contribution in [-0.4, -0.2) is 0 Å². The van der Waals surface area contributed by atoms with Crippen LogP contribution >= 0.6 is 0 Å². The summed E-state index contributed by atoms with van der Waals surface area (Å²) in [5, 5.41) is 0. The number of hydrogen-bond acceptors (Lipinski definition) is 1. The van der Waals surface area contributed by atoms with E-state index >= 15 is 0 Å². The molecule has 2 atom stereocenters. The largest absolute Gasteiger partial charge is 0.484 e. The van der Waals surface area contributed by atoms with Crippen LogP contribution in [0.25, 0.3) is 5.57 Å². The number of halogens is 3. The SMILES string of the molecule is FC(F)(F)c1ccc([C@@H]2Oc3ccccc3C(c3ccccc3)=C3CC[C@@H]32)cc1. The molecule has 2 aliphatic rings. The van der Waals surface area contributed by atoms with Crippen molar-refractivity contribution in [2.45, 2.75) is 25.1 Å². The Kier molecular flexibility index (Phi) is 4.23. The van der Waals surface area contributed by atoms with Crippen LogP contribution in [0.1, 0.15) is 41.2 Å². The Balaban J connectivity index is 1.62. The lowest BCUT2D eigenvalue weighted by Crippen LogP contribution is -2.27. The number of fused-ring (bicyclic) bond motifs is 2. The smallest absolute Gasteiger partial charge is 0.416 e. The average Bonchev–Trinajstić information content (AvgIpc) is 2.80. The third kappa shape index (κ3) is 3.13. The number of alkyl halides is 3. The van der Waals surface area contributed by atoms with Gasteiger partial charge in [-0.2, -0.15) is 13.2 Å². The van der Waals surface area contributed by atoms with E-state index in [0.717, 1.165) is 47.4 Å². The van der Waals surface area contributed by atoms with Gasteiger partial charge in [-0.25, -0.2) is 0 Å². The molecule has 3 aromatic carbocycles. The van der Waals surface area contributed by atoms with Crippen molar-refractivity contribution in [3.8, 4) is 5.75 Å². The Morgan fingerprint density at radius 2 is 1.48 bits per heavy atom. The molecule has 0 unspecified atom stereocenters. The van der Waals surface area contributed by atoms with Gasteiger partial charge in [-0.1, -0.05) is 66.2 Å². The highest BCUT2D eigenvalue weighted by atomic mass is 19.4. The lowest BCUT2D eigenvalue weighted by molar-refractivity contribution is -0.137. The predicted molar refractivity (Wildman–Crippen MR) is 106 cm³/mol. The zero-order valence-electron chi connectivity index (χ0n) is 15.6. The maximum Gasteiger partial charge on any atom is 0.416 e. The highest BCUT2D eigenvalue weighted by Gasteiger charge is 2.40. The number of para-hydroxylation sites is 1. The third-order valence-electron chi connectivity index (χ3n) is 5.90. The van der Waals surface area contributed by atoms with E-state index in [4.69, 9.17) is 4.74 Å². The van der Waals surface area contributed by atoms with Gasteiger partial charge < -0.3 is 4.74 Å². The van der Waals surface area contributed by atoms with Crippen molar-refractivity contribution in [3.63, 3.8) is 0 Å². The van der Waals surface area contributed by atoms with Gasteiger partial charge >= 0.3 is 6.18 Å². The zero-order valence-corrected chi connectivity index (χ0v) is 15.6. The van der Waals surface area contributed by atoms with Crippen LogP contribution in [0.4, 0.5) is 13.2 Å². The summed E-state index contributed by atoms with van der Waals surface area (Å²) in [5.74, 6) is 0.937. The normalized spacial score (nSPS) is 20.8. The van der Waals surface area contributed by atoms with Crippen LogP contribution in [-0.2, 0) is 6.18 Å². The Hall–Kier alpha value is -3.01. The van der Waals surface area contributed by atoms with Gasteiger partial charge in [-0.05, 0) is 47.7 Å². The van der Waals surface area contributed by atoms with E-state index < -0.39 is 11.7 Å². The molecule has 1 aliphatic carbocycles. The molecule has 1 aliphatic heterocycles. The second-order valence-electron chi connectivity index (χ2n) is 7.57. The van der Waals surface area contributed by atoms with Crippen molar-refractivity contribution < 1.29 is 17.9 Å². The standard InChI is InChI=1S/C25H19F3O/c26-25(27,28)18-12-10-17(11-13-18)24-20-15-14-19(20)23(16-6-2-1-3-7-16)21-8-4-5-9-22(21)29-24/h1-13,20,24H,14-15H2/t20-,24-/m0/s1. The van der Waals surface area contributed by atoms with Crippen molar-refractivity contribution in [2.24, 2.45) is 5.92 Å².